The fraction of sp³-hybridized carbons (Fsp3) is 0.324. The number of nitrogens with zero attached hydrogens (tertiary/aromatic N) is 1. The van der Waals surface area contributed by atoms with Crippen LogP contribution in [0.1, 0.15) is 83.3 Å². The first-order chi connectivity index (χ1) is 20.8. The van der Waals surface area contributed by atoms with Crippen LogP contribution >= 0.6 is 0 Å². The van der Waals surface area contributed by atoms with Gasteiger partial charge in [0.25, 0.3) is 0 Å². The summed E-state index contributed by atoms with van der Waals surface area (Å²) in [4.78, 5) is 16.6. The maximum absolute atomic E-state index is 9.98. The van der Waals surface area contributed by atoms with E-state index < -0.39 is 0 Å². The Morgan fingerprint density at radius 1 is 0.674 bits per heavy atom. The molecule has 0 unspecified atom stereocenters. The Kier molecular flexibility index (Phi) is 7.75. The molecule has 3 aliphatic rings. The van der Waals surface area contributed by atoms with Crippen LogP contribution in [0.3, 0.4) is 0 Å². The standard InChI is InChI=1S/C37H42N4O2/c1-7-25-20(3)31-17-29-22(5)27(13-15-42)33(38-29)19-34-28(14-16-43)23(6)30(39-34)18-32-21(4)26(8-2)37(41-32)35(36(25)40-31)24-11-9-10-12-24/h9-12,17-19,38-40,42-43H,7-8,13-16H2,1-6H3/b29-17-,32-18-,33-19-. The molecular weight excluding hydrogens is 532 g/mol. The highest BCUT2D eigenvalue weighted by molar-refractivity contribution is 6.35. The zero-order valence-electron chi connectivity index (χ0n) is 26.1. The summed E-state index contributed by atoms with van der Waals surface area (Å²) >= 11 is 0. The van der Waals surface area contributed by atoms with E-state index in [4.69, 9.17) is 4.99 Å². The molecule has 0 atom stereocenters. The topological polar surface area (TPSA) is 100 Å². The van der Waals surface area contributed by atoms with Crippen molar-refractivity contribution in [2.24, 2.45) is 4.99 Å². The minimum atomic E-state index is 0.0645. The first-order valence-electron chi connectivity index (χ1n) is 15.5. The van der Waals surface area contributed by atoms with E-state index >= 15 is 0 Å². The molecule has 6 rings (SSSR count). The first kappa shape index (κ1) is 29.0. The van der Waals surface area contributed by atoms with Crippen LogP contribution in [0.25, 0.3) is 23.8 Å². The zero-order valence-corrected chi connectivity index (χ0v) is 26.1. The Hall–Kier alpha value is -4.13. The van der Waals surface area contributed by atoms with Crippen molar-refractivity contribution >= 4 is 29.5 Å². The van der Waals surface area contributed by atoms with Gasteiger partial charge in [0, 0.05) is 46.6 Å². The Morgan fingerprint density at radius 3 is 2.00 bits per heavy atom. The second-order valence-corrected chi connectivity index (χ2v) is 11.7. The lowest BCUT2D eigenvalue weighted by Crippen LogP contribution is -2.13. The summed E-state index contributed by atoms with van der Waals surface area (Å²) in [6.45, 7) is 13.2. The normalized spacial score (nSPS) is 18.6. The molecule has 43 heavy (non-hydrogen) atoms. The lowest BCUT2D eigenvalue weighted by molar-refractivity contribution is 0.299. The number of aliphatic hydroxyl groups excluding tert-OH is 2. The van der Waals surface area contributed by atoms with E-state index in [9.17, 15) is 10.2 Å². The average molecular weight is 575 g/mol. The lowest BCUT2D eigenvalue weighted by Gasteiger charge is -2.14. The lowest BCUT2D eigenvalue weighted by atomic mass is 9.90. The Balaban J connectivity index is 1.77. The summed E-state index contributed by atoms with van der Waals surface area (Å²) in [5, 5.41) is 21.9. The number of aromatic amines is 3. The fourth-order valence-corrected chi connectivity index (χ4v) is 6.96. The Morgan fingerprint density at radius 2 is 1.33 bits per heavy atom. The van der Waals surface area contributed by atoms with E-state index in [1.807, 2.05) is 0 Å². The number of allylic oxidation sites excluding steroid dienone is 8. The first-order valence-corrected chi connectivity index (χ1v) is 15.5. The summed E-state index contributed by atoms with van der Waals surface area (Å²) in [5.74, 6) is 0. The molecule has 2 aliphatic heterocycles. The summed E-state index contributed by atoms with van der Waals surface area (Å²) in [6.07, 6.45) is 17.9. The molecule has 0 saturated carbocycles. The predicted octanol–water partition coefficient (Wildman–Crippen LogP) is 5.30. The molecule has 3 aromatic heterocycles. The number of aliphatic imine (C=N–C) groups is 1. The summed E-state index contributed by atoms with van der Waals surface area (Å²) in [7, 11) is 0. The van der Waals surface area contributed by atoms with Gasteiger partial charge in [-0.3, -0.25) is 0 Å². The van der Waals surface area contributed by atoms with Crippen LogP contribution in [0.4, 0.5) is 0 Å². The molecule has 6 heteroatoms. The number of aliphatic hydroxyl groups is 2. The van der Waals surface area contributed by atoms with E-state index in [2.05, 4.69) is 99.0 Å². The maximum Gasteiger partial charge on any atom is 0.0771 e. The molecule has 6 nitrogen and oxygen atoms in total. The van der Waals surface area contributed by atoms with Gasteiger partial charge in [0.2, 0.25) is 0 Å². The smallest absolute Gasteiger partial charge is 0.0771 e. The van der Waals surface area contributed by atoms with Gasteiger partial charge in [-0.25, -0.2) is 4.99 Å². The highest BCUT2D eigenvalue weighted by atomic mass is 16.3. The minimum Gasteiger partial charge on any atom is -0.396 e. The molecular formula is C37H42N4O2. The maximum atomic E-state index is 9.98. The molecule has 0 amide bonds. The summed E-state index contributed by atoms with van der Waals surface area (Å²) in [5.41, 5.74) is 17.9. The molecule has 0 saturated heterocycles. The molecule has 0 fully saturated rings. The molecule has 5 N–H and O–H groups in total. The van der Waals surface area contributed by atoms with E-state index in [0.717, 1.165) is 91.1 Å². The number of rotatable bonds is 6. The molecule has 5 heterocycles. The van der Waals surface area contributed by atoms with Crippen molar-refractivity contribution in [2.45, 2.75) is 67.2 Å². The van der Waals surface area contributed by atoms with Crippen molar-refractivity contribution < 1.29 is 10.2 Å². The van der Waals surface area contributed by atoms with Gasteiger partial charge in [-0.05, 0) is 122 Å². The van der Waals surface area contributed by atoms with Crippen molar-refractivity contribution in [2.75, 3.05) is 13.2 Å². The van der Waals surface area contributed by atoms with Crippen LogP contribution in [0.15, 0.2) is 51.7 Å². The number of aromatic nitrogens is 3. The van der Waals surface area contributed by atoms with E-state index in [0.29, 0.717) is 12.8 Å². The highest BCUT2D eigenvalue weighted by Crippen LogP contribution is 2.39. The number of fused-ring (bicyclic) bond motifs is 7. The number of nitrogens with one attached hydrogen (secondary N) is 3. The largest absolute Gasteiger partial charge is 0.396 e. The van der Waals surface area contributed by atoms with Crippen LogP contribution < -0.4 is 10.7 Å². The fourth-order valence-electron chi connectivity index (χ4n) is 6.96. The molecule has 3 aromatic rings. The van der Waals surface area contributed by atoms with E-state index in [-0.39, 0.29) is 13.2 Å². The third-order valence-corrected chi connectivity index (χ3v) is 9.40. The second-order valence-electron chi connectivity index (χ2n) is 11.7. The van der Waals surface area contributed by atoms with Crippen molar-refractivity contribution in [3.8, 4) is 0 Å². The van der Waals surface area contributed by atoms with Crippen LogP contribution in [-0.4, -0.2) is 44.1 Å². The van der Waals surface area contributed by atoms with Crippen LogP contribution in [-0.2, 0) is 19.3 Å². The van der Waals surface area contributed by atoms with Crippen molar-refractivity contribution in [3.63, 3.8) is 0 Å². The second kappa shape index (κ2) is 11.5. The molecule has 0 aromatic carbocycles. The monoisotopic (exact) mass is 574 g/mol. The third-order valence-electron chi connectivity index (χ3n) is 9.40. The van der Waals surface area contributed by atoms with Gasteiger partial charge in [-0.1, -0.05) is 38.2 Å². The molecule has 222 valence electrons. The zero-order chi connectivity index (χ0) is 30.4. The molecule has 0 spiro atoms. The SMILES string of the molecule is CCC1=C(C)/C2=C/c3[nH]c(c(CCO)c3C)/C=c3\[nH]/c(c(C)c3CCO)=C\c3[nH]c(c(CC)c3C)C(=C3C=CC=C3)C1=N2. The molecule has 8 bridgehead atoms. The van der Waals surface area contributed by atoms with Gasteiger partial charge in [0.05, 0.1) is 17.1 Å². The third kappa shape index (κ3) is 4.79. The summed E-state index contributed by atoms with van der Waals surface area (Å²) < 4.78 is 0. The van der Waals surface area contributed by atoms with Gasteiger partial charge < -0.3 is 25.2 Å². The van der Waals surface area contributed by atoms with Gasteiger partial charge in [-0.15, -0.1) is 0 Å². The van der Waals surface area contributed by atoms with Crippen molar-refractivity contribution in [3.05, 3.63) is 114 Å². The Labute approximate surface area is 253 Å². The Bertz CT molecular complexity index is 1930. The number of hydrogen-bond acceptors (Lipinski definition) is 3. The van der Waals surface area contributed by atoms with Crippen LogP contribution in [0.5, 0.6) is 0 Å². The highest BCUT2D eigenvalue weighted by Gasteiger charge is 2.29. The summed E-state index contributed by atoms with van der Waals surface area (Å²) in [6, 6.07) is 0. The van der Waals surface area contributed by atoms with Gasteiger partial charge in [0.1, 0.15) is 0 Å². The minimum absolute atomic E-state index is 0.0645. The van der Waals surface area contributed by atoms with Gasteiger partial charge >= 0.3 is 0 Å². The van der Waals surface area contributed by atoms with E-state index in [1.54, 1.807) is 0 Å². The van der Waals surface area contributed by atoms with Gasteiger partial charge in [-0.2, -0.15) is 0 Å². The predicted molar refractivity (Wildman–Crippen MR) is 178 cm³/mol. The molecule has 0 radical (unpaired) electrons. The van der Waals surface area contributed by atoms with Crippen LogP contribution in [0, 0.1) is 20.8 Å². The van der Waals surface area contributed by atoms with Gasteiger partial charge in [0.15, 0.2) is 0 Å². The van der Waals surface area contributed by atoms with Crippen molar-refractivity contribution in [1.82, 2.24) is 15.0 Å². The quantitative estimate of drug-likeness (QED) is 0.276. The number of H-pyrrole nitrogens is 3. The molecule has 1 aliphatic carbocycles. The average Bonchev–Trinajstić information content (AvgIpc) is 3.79. The van der Waals surface area contributed by atoms with E-state index in [1.165, 1.54) is 22.3 Å². The van der Waals surface area contributed by atoms with Crippen molar-refractivity contribution in [1.29, 1.82) is 0 Å². The number of hydrogen-bond donors (Lipinski definition) is 5. The van der Waals surface area contributed by atoms with Crippen LogP contribution in [0.2, 0.25) is 0 Å².